The van der Waals surface area contributed by atoms with E-state index in [1.807, 2.05) is 13.0 Å². The molecule has 1 heterocycles. The Labute approximate surface area is 103 Å². The van der Waals surface area contributed by atoms with Crippen LogP contribution in [0.15, 0.2) is 18.2 Å². The van der Waals surface area contributed by atoms with Crippen molar-refractivity contribution in [2.24, 2.45) is 0 Å². The molecule has 1 aromatic rings. The van der Waals surface area contributed by atoms with Gasteiger partial charge in [0.25, 0.3) is 0 Å². The second-order valence-electron chi connectivity index (χ2n) is 5.44. The highest BCUT2D eigenvalue weighted by atomic mass is 16.5. The highest BCUT2D eigenvalue weighted by molar-refractivity contribution is 5.54. The van der Waals surface area contributed by atoms with Crippen LogP contribution >= 0.6 is 0 Å². The third-order valence-corrected chi connectivity index (χ3v) is 3.27. The van der Waals surface area contributed by atoms with Gasteiger partial charge in [0.15, 0.2) is 0 Å². The predicted molar refractivity (Wildman–Crippen MR) is 69.5 cm³/mol. The number of anilines is 1. The van der Waals surface area contributed by atoms with Crippen LogP contribution in [0.3, 0.4) is 0 Å². The van der Waals surface area contributed by atoms with Crippen LogP contribution in [0.2, 0.25) is 0 Å². The minimum Gasteiger partial charge on any atom is -0.508 e. The van der Waals surface area contributed by atoms with E-state index in [4.69, 9.17) is 4.74 Å². The van der Waals surface area contributed by atoms with Gasteiger partial charge in [-0.1, -0.05) is 0 Å². The van der Waals surface area contributed by atoms with Gasteiger partial charge in [0.05, 0.1) is 5.60 Å². The van der Waals surface area contributed by atoms with Gasteiger partial charge in [-0.3, -0.25) is 0 Å². The molecule has 17 heavy (non-hydrogen) atoms. The molecular weight excluding hydrogens is 214 g/mol. The molecule has 0 amide bonds. The average molecular weight is 235 g/mol. The number of phenolic OH excluding ortho intramolecular Hbond substituents is 1. The Morgan fingerprint density at radius 2 is 2.18 bits per heavy atom. The Hall–Kier alpha value is -1.22. The number of hydrogen-bond donors (Lipinski definition) is 2. The van der Waals surface area contributed by atoms with E-state index in [-0.39, 0.29) is 5.60 Å². The lowest BCUT2D eigenvalue weighted by molar-refractivity contribution is -0.0553. The van der Waals surface area contributed by atoms with Gasteiger partial charge >= 0.3 is 0 Å². The first-order valence-electron chi connectivity index (χ1n) is 6.16. The lowest BCUT2D eigenvalue weighted by Gasteiger charge is -2.36. The molecule has 3 heteroatoms. The van der Waals surface area contributed by atoms with Crippen LogP contribution < -0.4 is 5.32 Å². The quantitative estimate of drug-likeness (QED) is 0.774. The van der Waals surface area contributed by atoms with Crippen LogP contribution in [-0.4, -0.2) is 23.4 Å². The zero-order valence-electron chi connectivity index (χ0n) is 10.8. The molecule has 0 radical (unpaired) electrons. The molecule has 1 aliphatic rings. The van der Waals surface area contributed by atoms with Crippen molar-refractivity contribution in [1.29, 1.82) is 0 Å². The molecule has 1 saturated heterocycles. The topological polar surface area (TPSA) is 41.5 Å². The largest absolute Gasteiger partial charge is 0.508 e. The Kier molecular flexibility index (Phi) is 3.29. The molecule has 94 valence electrons. The zero-order valence-corrected chi connectivity index (χ0v) is 10.8. The number of hydrogen-bond acceptors (Lipinski definition) is 3. The SMILES string of the molecule is Cc1cc(O)ccc1NC1CCOC(C)(C)C1. The standard InChI is InChI=1S/C14H21NO2/c1-10-8-12(16)4-5-13(10)15-11-6-7-17-14(2,3)9-11/h4-5,8,11,15-16H,6-7,9H2,1-3H3. The fraction of sp³-hybridized carbons (Fsp3) is 0.571. The number of aromatic hydroxyl groups is 1. The van der Waals surface area contributed by atoms with Crippen molar-refractivity contribution in [1.82, 2.24) is 0 Å². The van der Waals surface area contributed by atoms with E-state index in [2.05, 4.69) is 19.2 Å². The van der Waals surface area contributed by atoms with Crippen molar-refractivity contribution in [3.8, 4) is 5.75 Å². The lowest BCUT2D eigenvalue weighted by Crippen LogP contribution is -2.40. The number of nitrogens with one attached hydrogen (secondary N) is 1. The first-order chi connectivity index (χ1) is 7.96. The van der Waals surface area contributed by atoms with Crippen LogP contribution in [-0.2, 0) is 4.74 Å². The first-order valence-corrected chi connectivity index (χ1v) is 6.16. The molecule has 0 bridgehead atoms. The van der Waals surface area contributed by atoms with Crippen molar-refractivity contribution >= 4 is 5.69 Å². The molecule has 1 aliphatic heterocycles. The van der Waals surface area contributed by atoms with Crippen molar-refractivity contribution in [2.45, 2.75) is 45.3 Å². The minimum absolute atomic E-state index is 0.0409. The molecule has 1 fully saturated rings. The van der Waals surface area contributed by atoms with Gasteiger partial charge in [-0.05, 0) is 57.4 Å². The second kappa shape index (κ2) is 4.57. The van der Waals surface area contributed by atoms with Gasteiger partial charge in [0.1, 0.15) is 5.75 Å². The summed E-state index contributed by atoms with van der Waals surface area (Å²) in [4.78, 5) is 0. The Balaban J connectivity index is 2.05. The highest BCUT2D eigenvalue weighted by Gasteiger charge is 2.28. The summed E-state index contributed by atoms with van der Waals surface area (Å²) in [7, 11) is 0. The van der Waals surface area contributed by atoms with E-state index in [9.17, 15) is 5.11 Å². The van der Waals surface area contributed by atoms with E-state index in [1.165, 1.54) is 0 Å². The summed E-state index contributed by atoms with van der Waals surface area (Å²) in [6, 6.07) is 5.89. The smallest absolute Gasteiger partial charge is 0.115 e. The number of benzene rings is 1. The van der Waals surface area contributed by atoms with E-state index in [0.29, 0.717) is 11.8 Å². The Bertz CT molecular complexity index is 401. The van der Waals surface area contributed by atoms with Gasteiger partial charge in [-0.2, -0.15) is 0 Å². The fourth-order valence-electron chi connectivity index (χ4n) is 2.38. The minimum atomic E-state index is -0.0409. The van der Waals surface area contributed by atoms with Crippen molar-refractivity contribution in [3.63, 3.8) is 0 Å². The van der Waals surface area contributed by atoms with Crippen molar-refractivity contribution in [3.05, 3.63) is 23.8 Å². The van der Waals surface area contributed by atoms with Gasteiger partial charge in [-0.15, -0.1) is 0 Å². The second-order valence-corrected chi connectivity index (χ2v) is 5.44. The molecule has 1 unspecified atom stereocenters. The summed E-state index contributed by atoms with van der Waals surface area (Å²) in [6.07, 6.45) is 2.04. The molecule has 0 saturated carbocycles. The summed E-state index contributed by atoms with van der Waals surface area (Å²) in [5.74, 6) is 0.320. The van der Waals surface area contributed by atoms with Crippen LogP contribution in [0.1, 0.15) is 32.3 Å². The van der Waals surface area contributed by atoms with Crippen LogP contribution in [0.4, 0.5) is 5.69 Å². The number of aryl methyl sites for hydroxylation is 1. The fourth-order valence-corrected chi connectivity index (χ4v) is 2.38. The van der Waals surface area contributed by atoms with Gasteiger partial charge in [-0.25, -0.2) is 0 Å². The van der Waals surface area contributed by atoms with E-state index in [0.717, 1.165) is 30.7 Å². The molecule has 1 atom stereocenters. The molecule has 0 spiro atoms. The third-order valence-electron chi connectivity index (χ3n) is 3.27. The summed E-state index contributed by atoms with van der Waals surface area (Å²) in [6.45, 7) is 7.07. The lowest BCUT2D eigenvalue weighted by atomic mass is 9.93. The van der Waals surface area contributed by atoms with E-state index in [1.54, 1.807) is 12.1 Å². The summed E-state index contributed by atoms with van der Waals surface area (Å²) in [5, 5.41) is 12.9. The number of ether oxygens (including phenoxy) is 1. The summed E-state index contributed by atoms with van der Waals surface area (Å²) in [5.41, 5.74) is 2.14. The van der Waals surface area contributed by atoms with Gasteiger partial charge in [0.2, 0.25) is 0 Å². The molecule has 2 N–H and O–H groups in total. The van der Waals surface area contributed by atoms with Crippen LogP contribution in [0.5, 0.6) is 5.75 Å². The van der Waals surface area contributed by atoms with Crippen molar-refractivity contribution < 1.29 is 9.84 Å². The van der Waals surface area contributed by atoms with E-state index < -0.39 is 0 Å². The van der Waals surface area contributed by atoms with Crippen molar-refractivity contribution in [2.75, 3.05) is 11.9 Å². The Morgan fingerprint density at radius 3 is 2.82 bits per heavy atom. The number of phenols is 1. The normalized spacial score (nSPS) is 23.4. The van der Waals surface area contributed by atoms with E-state index >= 15 is 0 Å². The summed E-state index contributed by atoms with van der Waals surface area (Å²) >= 11 is 0. The van der Waals surface area contributed by atoms with Crippen LogP contribution in [0, 0.1) is 6.92 Å². The first kappa shape index (κ1) is 12.2. The maximum absolute atomic E-state index is 9.38. The maximum Gasteiger partial charge on any atom is 0.115 e. The highest BCUT2D eigenvalue weighted by Crippen LogP contribution is 2.28. The molecule has 0 aliphatic carbocycles. The number of rotatable bonds is 2. The predicted octanol–water partition coefficient (Wildman–Crippen LogP) is 3.07. The monoisotopic (exact) mass is 235 g/mol. The Morgan fingerprint density at radius 1 is 1.41 bits per heavy atom. The molecule has 1 aromatic carbocycles. The zero-order chi connectivity index (χ0) is 12.5. The average Bonchev–Trinajstić information content (AvgIpc) is 2.21. The third kappa shape index (κ3) is 3.13. The molecule has 3 nitrogen and oxygen atoms in total. The molecular formula is C14H21NO2. The van der Waals surface area contributed by atoms with Gasteiger partial charge in [0, 0.05) is 18.3 Å². The van der Waals surface area contributed by atoms with Crippen LogP contribution in [0.25, 0.3) is 0 Å². The molecule has 0 aromatic heterocycles. The molecule has 2 rings (SSSR count). The summed E-state index contributed by atoms with van der Waals surface area (Å²) < 4.78 is 5.70. The maximum atomic E-state index is 9.38. The van der Waals surface area contributed by atoms with Gasteiger partial charge < -0.3 is 15.2 Å².